The maximum atomic E-state index is 13.1. The van der Waals surface area contributed by atoms with Gasteiger partial charge in [0.1, 0.15) is 23.3 Å². The summed E-state index contributed by atoms with van der Waals surface area (Å²) in [5.41, 5.74) is 3.98. The maximum absolute atomic E-state index is 13.1. The van der Waals surface area contributed by atoms with E-state index in [9.17, 15) is 9.59 Å². The van der Waals surface area contributed by atoms with Crippen LogP contribution in [-0.4, -0.2) is 27.1 Å². The summed E-state index contributed by atoms with van der Waals surface area (Å²) < 4.78 is 8.32. The van der Waals surface area contributed by atoms with Crippen LogP contribution in [0.15, 0.2) is 59.8 Å². The van der Waals surface area contributed by atoms with E-state index in [-0.39, 0.29) is 18.0 Å². The molecule has 0 radical (unpaired) electrons. The van der Waals surface area contributed by atoms with Crippen molar-refractivity contribution >= 4 is 34.2 Å². The highest BCUT2D eigenvalue weighted by Crippen LogP contribution is 2.28. The van der Waals surface area contributed by atoms with Crippen LogP contribution in [0.5, 0.6) is 5.75 Å². The first-order chi connectivity index (χ1) is 14.9. The zero-order chi connectivity index (χ0) is 22.1. The number of aryl methyl sites for hydroxylation is 2. The summed E-state index contributed by atoms with van der Waals surface area (Å²) in [5, 5.41) is 3.44. The first-order valence-electron chi connectivity index (χ1n) is 9.62. The van der Waals surface area contributed by atoms with Crippen molar-refractivity contribution in [3.63, 3.8) is 0 Å². The van der Waals surface area contributed by atoms with Crippen LogP contribution in [0.4, 0.5) is 5.69 Å². The molecular formula is C23H21ClN4O3. The lowest BCUT2D eigenvalue weighted by Crippen LogP contribution is -2.28. The van der Waals surface area contributed by atoms with Gasteiger partial charge < -0.3 is 14.6 Å². The normalized spacial score (nSPS) is 11.0. The molecule has 31 heavy (non-hydrogen) atoms. The number of halogens is 1. The molecule has 1 amide bonds. The van der Waals surface area contributed by atoms with Crippen LogP contribution in [0, 0.1) is 6.92 Å². The van der Waals surface area contributed by atoms with Crippen molar-refractivity contribution in [1.29, 1.82) is 0 Å². The zero-order valence-corrected chi connectivity index (χ0v) is 18.1. The molecule has 4 rings (SSSR count). The molecule has 0 saturated carbocycles. The number of nitrogens with one attached hydrogen (secondary N) is 1. The molecule has 0 fully saturated rings. The molecule has 1 N–H and O–H groups in total. The lowest BCUT2D eigenvalue weighted by molar-refractivity contribution is -0.116. The Morgan fingerprint density at radius 3 is 2.65 bits per heavy atom. The molecule has 2 aromatic carbocycles. The van der Waals surface area contributed by atoms with Gasteiger partial charge in [0, 0.05) is 23.8 Å². The van der Waals surface area contributed by atoms with Crippen molar-refractivity contribution in [2.24, 2.45) is 7.05 Å². The summed E-state index contributed by atoms with van der Waals surface area (Å²) in [5.74, 6) is 0.203. The van der Waals surface area contributed by atoms with Gasteiger partial charge in [0.25, 0.3) is 5.56 Å². The van der Waals surface area contributed by atoms with E-state index in [4.69, 9.17) is 16.3 Å². The molecule has 7 nitrogen and oxygen atoms in total. The van der Waals surface area contributed by atoms with Gasteiger partial charge in [-0.25, -0.2) is 4.98 Å². The number of benzene rings is 2. The van der Waals surface area contributed by atoms with E-state index >= 15 is 0 Å². The van der Waals surface area contributed by atoms with Crippen LogP contribution in [0.2, 0.25) is 5.02 Å². The van der Waals surface area contributed by atoms with E-state index in [0.717, 1.165) is 16.7 Å². The lowest BCUT2D eigenvalue weighted by Gasteiger charge is -2.12. The molecule has 0 aliphatic rings. The van der Waals surface area contributed by atoms with E-state index in [1.807, 2.05) is 37.4 Å². The molecule has 0 unspecified atom stereocenters. The van der Waals surface area contributed by atoms with Gasteiger partial charge in [-0.2, -0.15) is 0 Å². The zero-order valence-electron chi connectivity index (χ0n) is 17.3. The van der Waals surface area contributed by atoms with Crippen LogP contribution < -0.4 is 15.6 Å². The highest BCUT2D eigenvalue weighted by Gasteiger charge is 2.16. The second-order valence-electron chi connectivity index (χ2n) is 7.29. The number of aromatic nitrogens is 3. The summed E-state index contributed by atoms with van der Waals surface area (Å²) in [6.07, 6.45) is 3.25. The fourth-order valence-electron chi connectivity index (χ4n) is 3.53. The molecule has 8 heteroatoms. The van der Waals surface area contributed by atoms with Gasteiger partial charge in [0.2, 0.25) is 5.91 Å². The second kappa shape index (κ2) is 8.28. The molecule has 0 saturated heterocycles. The summed E-state index contributed by atoms with van der Waals surface area (Å²) in [6, 6.07) is 12.8. The van der Waals surface area contributed by atoms with E-state index in [1.165, 1.54) is 18.0 Å². The number of anilines is 1. The van der Waals surface area contributed by atoms with Gasteiger partial charge in [-0.05, 0) is 42.3 Å². The minimum atomic E-state index is -0.348. The summed E-state index contributed by atoms with van der Waals surface area (Å²) >= 11 is 5.98. The quantitative estimate of drug-likeness (QED) is 0.512. The van der Waals surface area contributed by atoms with Crippen molar-refractivity contribution in [3.05, 3.63) is 75.9 Å². The van der Waals surface area contributed by atoms with Crippen molar-refractivity contribution in [3.8, 4) is 16.9 Å². The van der Waals surface area contributed by atoms with Crippen molar-refractivity contribution in [2.75, 3.05) is 12.4 Å². The Bertz CT molecular complexity index is 1340. The molecule has 2 heterocycles. The monoisotopic (exact) mass is 436 g/mol. The number of carbonyl (C=O) groups is 1. The number of nitrogens with zero attached hydrogens (tertiary/aromatic N) is 3. The number of carbonyl (C=O) groups excluding carboxylic acids is 1. The van der Waals surface area contributed by atoms with Gasteiger partial charge in [0.15, 0.2) is 0 Å². The number of amides is 1. The predicted molar refractivity (Wildman–Crippen MR) is 122 cm³/mol. The van der Waals surface area contributed by atoms with Crippen LogP contribution in [0.1, 0.15) is 5.56 Å². The Morgan fingerprint density at radius 2 is 1.94 bits per heavy atom. The number of hydrogen-bond acceptors (Lipinski definition) is 4. The summed E-state index contributed by atoms with van der Waals surface area (Å²) in [4.78, 5) is 30.2. The highest BCUT2D eigenvalue weighted by molar-refractivity contribution is 6.30. The lowest BCUT2D eigenvalue weighted by atomic mass is 10.1. The molecular weight excluding hydrogens is 416 g/mol. The molecule has 0 aliphatic carbocycles. The van der Waals surface area contributed by atoms with Crippen LogP contribution in [-0.2, 0) is 18.4 Å². The van der Waals surface area contributed by atoms with E-state index in [0.29, 0.717) is 27.5 Å². The van der Waals surface area contributed by atoms with E-state index in [2.05, 4.69) is 10.3 Å². The van der Waals surface area contributed by atoms with Gasteiger partial charge in [-0.15, -0.1) is 0 Å². The Kier molecular flexibility index (Phi) is 5.52. The Hall–Kier alpha value is -3.58. The number of rotatable bonds is 5. The van der Waals surface area contributed by atoms with Crippen molar-refractivity contribution < 1.29 is 9.53 Å². The smallest absolute Gasteiger partial charge is 0.278 e. The van der Waals surface area contributed by atoms with Crippen LogP contribution in [0.3, 0.4) is 0 Å². The molecule has 158 valence electrons. The third-order valence-corrected chi connectivity index (χ3v) is 5.29. The minimum absolute atomic E-state index is 0.166. The maximum Gasteiger partial charge on any atom is 0.278 e. The fraction of sp³-hybridized carbons (Fsp3) is 0.174. The molecule has 4 aromatic rings. The van der Waals surface area contributed by atoms with Gasteiger partial charge in [-0.1, -0.05) is 29.8 Å². The molecule has 0 bridgehead atoms. The first-order valence-corrected chi connectivity index (χ1v) is 10.00. The Morgan fingerprint density at radius 1 is 1.19 bits per heavy atom. The molecule has 0 atom stereocenters. The second-order valence-corrected chi connectivity index (χ2v) is 7.72. The molecule has 0 spiro atoms. The highest BCUT2D eigenvalue weighted by atomic mass is 35.5. The van der Waals surface area contributed by atoms with Gasteiger partial charge in [-0.3, -0.25) is 14.2 Å². The first kappa shape index (κ1) is 20.7. The third-order valence-electron chi connectivity index (χ3n) is 5.04. The minimum Gasteiger partial charge on any atom is -0.495 e. The number of hydrogen-bond donors (Lipinski definition) is 1. The summed E-state index contributed by atoms with van der Waals surface area (Å²) in [7, 11) is 3.32. The average molecular weight is 437 g/mol. The molecule has 0 aliphatic heterocycles. The average Bonchev–Trinajstić information content (AvgIpc) is 3.08. The van der Waals surface area contributed by atoms with Crippen LogP contribution in [0.25, 0.3) is 22.2 Å². The topological polar surface area (TPSA) is 78.2 Å². The van der Waals surface area contributed by atoms with Crippen molar-refractivity contribution in [2.45, 2.75) is 13.5 Å². The standard InChI is InChI=1S/C23H21ClN4O3/c1-14-4-9-19(31-3)18(10-14)26-20(29)12-28-13-25-21-17(11-27(2)22(21)23(28)30)15-5-7-16(24)8-6-15/h4-11,13H,12H2,1-3H3,(H,26,29). The van der Waals surface area contributed by atoms with E-state index < -0.39 is 0 Å². The Balaban J connectivity index is 1.65. The summed E-state index contributed by atoms with van der Waals surface area (Å²) in [6.45, 7) is 1.76. The Labute approximate surface area is 183 Å². The van der Waals surface area contributed by atoms with E-state index in [1.54, 1.807) is 29.8 Å². The van der Waals surface area contributed by atoms with Crippen LogP contribution >= 0.6 is 11.6 Å². The van der Waals surface area contributed by atoms with Crippen molar-refractivity contribution in [1.82, 2.24) is 14.1 Å². The number of ether oxygens (including phenoxy) is 1. The third kappa shape index (κ3) is 4.04. The predicted octanol–water partition coefficient (Wildman–Crippen LogP) is 4.01. The fourth-order valence-corrected chi connectivity index (χ4v) is 3.66. The number of fused-ring (bicyclic) bond motifs is 1. The largest absolute Gasteiger partial charge is 0.495 e. The van der Waals surface area contributed by atoms with Gasteiger partial charge in [0.05, 0.1) is 19.1 Å². The molecule has 2 aromatic heterocycles. The SMILES string of the molecule is COc1ccc(C)cc1NC(=O)Cn1cnc2c(-c3ccc(Cl)cc3)cn(C)c2c1=O. The van der Waals surface area contributed by atoms with Gasteiger partial charge >= 0.3 is 0 Å². The number of methoxy groups -OCH3 is 1.